The maximum absolute atomic E-state index is 12.8. The molecule has 1 aromatic carbocycles. The fraction of sp³-hybridized carbons (Fsp3) is 0.806. The first-order chi connectivity index (χ1) is 18.6. The van der Waals surface area contributed by atoms with Crippen LogP contribution in [-0.2, 0) is 14.3 Å². The fourth-order valence-corrected chi connectivity index (χ4v) is 8.87. The van der Waals surface area contributed by atoms with Crippen molar-refractivity contribution in [3.8, 4) is 0 Å². The van der Waals surface area contributed by atoms with Crippen LogP contribution in [0.1, 0.15) is 85.5 Å². The van der Waals surface area contributed by atoms with Gasteiger partial charge in [-0.3, -0.25) is 20.1 Å². The summed E-state index contributed by atoms with van der Waals surface area (Å²) in [5.41, 5.74) is 0. The third-order valence-electron chi connectivity index (χ3n) is 10.8. The van der Waals surface area contributed by atoms with Gasteiger partial charge in [-0.2, -0.15) is 8.42 Å². The van der Waals surface area contributed by atoms with E-state index < -0.39 is 22.3 Å². The minimum absolute atomic E-state index is 0.00718. The van der Waals surface area contributed by atoms with Gasteiger partial charge in [0.2, 0.25) is 0 Å². The van der Waals surface area contributed by atoms with E-state index in [1.165, 1.54) is 38.5 Å². The quantitative estimate of drug-likeness (QED) is 0.369. The highest BCUT2D eigenvalue weighted by Gasteiger charge is 2.44. The molecule has 39 heavy (non-hydrogen) atoms. The second-order valence-corrected chi connectivity index (χ2v) is 15.1. The summed E-state index contributed by atoms with van der Waals surface area (Å²) >= 11 is 0. The van der Waals surface area contributed by atoms with Gasteiger partial charge in [-0.25, -0.2) is 0 Å². The van der Waals surface area contributed by atoms with Crippen LogP contribution < -0.4 is 16.0 Å². The zero-order valence-electron chi connectivity index (χ0n) is 24.3. The maximum Gasteiger partial charge on any atom is 0.297 e. The first-order valence-corrected chi connectivity index (χ1v) is 17.0. The fourth-order valence-electron chi connectivity index (χ4n) is 7.73. The van der Waals surface area contributed by atoms with E-state index in [4.69, 9.17) is 4.18 Å². The molecule has 0 spiro atoms. The molecular formula is C31H51N3O4S. The van der Waals surface area contributed by atoms with Gasteiger partial charge in [0.05, 0.1) is 35.6 Å². The largest absolute Gasteiger partial charge is 0.393 e. The van der Waals surface area contributed by atoms with E-state index in [2.05, 4.69) is 43.6 Å². The van der Waals surface area contributed by atoms with E-state index in [1.54, 1.807) is 30.3 Å². The highest BCUT2D eigenvalue weighted by molar-refractivity contribution is 7.86. The van der Waals surface area contributed by atoms with E-state index in [9.17, 15) is 13.5 Å². The van der Waals surface area contributed by atoms with Gasteiger partial charge in [0.15, 0.2) is 0 Å². The van der Waals surface area contributed by atoms with Crippen molar-refractivity contribution in [1.29, 1.82) is 0 Å². The molecule has 3 aliphatic carbocycles. The number of hydrogen-bond donors (Lipinski definition) is 4. The molecule has 1 saturated heterocycles. The molecule has 0 bridgehead atoms. The van der Waals surface area contributed by atoms with E-state index in [0.29, 0.717) is 24.7 Å². The number of aliphatic hydroxyl groups is 1. The molecule has 11 unspecified atom stereocenters. The average Bonchev–Trinajstić information content (AvgIpc) is 2.92. The molecule has 0 radical (unpaired) electrons. The Bertz CT molecular complexity index is 1010. The number of hydrogen-bond acceptors (Lipinski definition) is 7. The predicted molar refractivity (Wildman–Crippen MR) is 154 cm³/mol. The molecule has 220 valence electrons. The molecule has 1 heterocycles. The van der Waals surface area contributed by atoms with Crippen LogP contribution in [0, 0.1) is 41.4 Å². The van der Waals surface area contributed by atoms with Gasteiger partial charge in [-0.15, -0.1) is 0 Å². The molecule has 4 fully saturated rings. The van der Waals surface area contributed by atoms with Crippen molar-refractivity contribution in [2.75, 3.05) is 0 Å². The van der Waals surface area contributed by atoms with Crippen LogP contribution in [0.15, 0.2) is 35.2 Å². The van der Waals surface area contributed by atoms with Crippen LogP contribution in [0.4, 0.5) is 0 Å². The van der Waals surface area contributed by atoms with Crippen LogP contribution in [0.2, 0.25) is 0 Å². The minimum Gasteiger partial charge on any atom is -0.393 e. The molecule has 3 saturated carbocycles. The van der Waals surface area contributed by atoms with Gasteiger partial charge in [0.25, 0.3) is 10.1 Å². The SMILES string of the molecule is CC1CCC(C2NC(C3CCC(C)C(C)C3)NC(C3CCC(OS(=O)(=O)c4ccccc4)CC3O)N2)CC1C. The Hall–Kier alpha value is -1.03. The summed E-state index contributed by atoms with van der Waals surface area (Å²) in [4.78, 5) is 0.168. The third kappa shape index (κ3) is 6.90. The van der Waals surface area contributed by atoms with E-state index in [1.807, 2.05) is 0 Å². The van der Waals surface area contributed by atoms with Crippen molar-refractivity contribution in [1.82, 2.24) is 16.0 Å². The Kier molecular flexibility index (Phi) is 9.41. The van der Waals surface area contributed by atoms with Crippen molar-refractivity contribution in [2.45, 2.75) is 121 Å². The van der Waals surface area contributed by atoms with Crippen LogP contribution in [-0.4, -0.2) is 44.2 Å². The van der Waals surface area contributed by atoms with Gasteiger partial charge >= 0.3 is 0 Å². The summed E-state index contributed by atoms with van der Waals surface area (Å²) in [6, 6.07) is 8.30. The first-order valence-electron chi connectivity index (χ1n) is 15.5. The second kappa shape index (κ2) is 12.5. The Balaban J connectivity index is 1.27. The maximum atomic E-state index is 12.8. The number of benzene rings is 1. The molecule has 5 rings (SSSR count). The molecule has 11 atom stereocenters. The molecule has 1 aromatic rings. The summed E-state index contributed by atoms with van der Waals surface area (Å²) in [5, 5.41) is 23.1. The second-order valence-electron chi connectivity index (χ2n) is 13.5. The summed E-state index contributed by atoms with van der Waals surface area (Å²) in [7, 11) is -3.84. The monoisotopic (exact) mass is 561 g/mol. The van der Waals surface area contributed by atoms with Gasteiger partial charge in [0.1, 0.15) is 0 Å². The lowest BCUT2D eigenvalue weighted by Crippen LogP contribution is -2.73. The topological polar surface area (TPSA) is 99.7 Å². The number of rotatable bonds is 6. The zero-order chi connectivity index (χ0) is 27.7. The summed E-state index contributed by atoms with van der Waals surface area (Å²) in [6.07, 6.45) is 8.43. The van der Waals surface area contributed by atoms with Crippen LogP contribution in [0.3, 0.4) is 0 Å². The molecule has 8 heteroatoms. The average molecular weight is 562 g/mol. The zero-order valence-corrected chi connectivity index (χ0v) is 25.1. The summed E-state index contributed by atoms with van der Waals surface area (Å²) in [5.74, 6) is 4.17. The van der Waals surface area contributed by atoms with Crippen LogP contribution >= 0.6 is 0 Å². The van der Waals surface area contributed by atoms with Crippen molar-refractivity contribution >= 4 is 10.1 Å². The Morgan fingerprint density at radius 1 is 0.692 bits per heavy atom. The molecule has 0 aromatic heterocycles. The van der Waals surface area contributed by atoms with Gasteiger partial charge in [-0.05, 0) is 86.2 Å². The normalized spacial score (nSPS) is 44.1. The van der Waals surface area contributed by atoms with Gasteiger partial charge in [0, 0.05) is 12.3 Å². The van der Waals surface area contributed by atoms with Gasteiger partial charge in [-0.1, -0.05) is 58.7 Å². The Labute approximate surface area is 236 Å². The Morgan fingerprint density at radius 2 is 1.23 bits per heavy atom. The molecule has 4 aliphatic rings. The summed E-state index contributed by atoms with van der Waals surface area (Å²) < 4.78 is 31.2. The van der Waals surface area contributed by atoms with Crippen molar-refractivity contribution < 1.29 is 17.7 Å². The molecule has 4 N–H and O–H groups in total. The first kappa shape index (κ1) is 29.5. The molecule has 0 amide bonds. The van der Waals surface area contributed by atoms with Crippen molar-refractivity contribution in [3.63, 3.8) is 0 Å². The van der Waals surface area contributed by atoms with E-state index in [0.717, 1.165) is 30.1 Å². The van der Waals surface area contributed by atoms with Crippen LogP contribution in [0.25, 0.3) is 0 Å². The molecular weight excluding hydrogens is 510 g/mol. The van der Waals surface area contributed by atoms with Gasteiger partial charge < -0.3 is 5.11 Å². The highest BCUT2D eigenvalue weighted by atomic mass is 32.2. The summed E-state index contributed by atoms with van der Waals surface area (Å²) in [6.45, 7) is 9.56. The lowest BCUT2D eigenvalue weighted by Gasteiger charge is -2.51. The number of aliphatic hydroxyl groups excluding tert-OH is 1. The van der Waals surface area contributed by atoms with Crippen LogP contribution in [0.5, 0.6) is 0 Å². The van der Waals surface area contributed by atoms with Crippen molar-refractivity contribution in [2.24, 2.45) is 41.4 Å². The predicted octanol–water partition coefficient (Wildman–Crippen LogP) is 4.83. The molecule has 7 nitrogen and oxygen atoms in total. The lowest BCUT2D eigenvalue weighted by molar-refractivity contribution is -0.0327. The van der Waals surface area contributed by atoms with E-state index >= 15 is 0 Å². The minimum atomic E-state index is -3.84. The lowest BCUT2D eigenvalue weighted by atomic mass is 9.72. The molecule has 1 aliphatic heterocycles. The standard InChI is InChI=1S/C31H51N3O4S/c1-19-10-12-23(16-21(19)3)29-32-30(24-13-11-20(2)22(4)17-24)34-31(33-29)27-15-14-25(18-28(27)35)38-39(36,37)26-8-6-5-7-9-26/h5-9,19-25,27-35H,10-18H2,1-4H3. The Morgan fingerprint density at radius 3 is 1.74 bits per heavy atom. The third-order valence-corrected chi connectivity index (χ3v) is 12.2. The smallest absolute Gasteiger partial charge is 0.297 e. The van der Waals surface area contributed by atoms with Crippen molar-refractivity contribution in [3.05, 3.63) is 30.3 Å². The van der Waals surface area contributed by atoms with E-state index in [-0.39, 0.29) is 29.3 Å². The number of nitrogens with one attached hydrogen (secondary N) is 3. The highest BCUT2D eigenvalue weighted by Crippen LogP contribution is 2.39.